The van der Waals surface area contributed by atoms with E-state index in [0.717, 1.165) is 47.1 Å². The number of hydrogen-bond donors (Lipinski definition) is 0. The molecule has 0 aliphatic heterocycles. The number of nitrogens with zero attached hydrogens (tertiary/aromatic N) is 4. The topological polar surface area (TPSA) is 73.8 Å². The number of benzene rings is 1. The van der Waals surface area contributed by atoms with Gasteiger partial charge in [-0.2, -0.15) is 4.31 Å². The summed E-state index contributed by atoms with van der Waals surface area (Å²) in [5.41, 5.74) is -0.0153. The first-order valence-electron chi connectivity index (χ1n) is 8.76. The molecule has 12 heteroatoms. The molecule has 0 radical (unpaired) electrons. The van der Waals surface area contributed by atoms with Crippen LogP contribution in [-0.4, -0.2) is 74.5 Å². The van der Waals surface area contributed by atoms with E-state index >= 15 is 0 Å². The fourth-order valence-corrected chi connectivity index (χ4v) is 3.96. The largest absolute Gasteiger partial charge is 0.302 e. The van der Waals surface area contributed by atoms with Gasteiger partial charge in [-0.15, -0.1) is 12.4 Å². The third-order valence-electron chi connectivity index (χ3n) is 4.39. The van der Waals surface area contributed by atoms with E-state index in [-0.39, 0.29) is 40.8 Å². The van der Waals surface area contributed by atoms with E-state index in [2.05, 4.69) is 9.88 Å². The lowest BCUT2D eigenvalue weighted by Gasteiger charge is -2.26. The molecule has 0 unspecified atom stereocenters. The quantitative estimate of drug-likeness (QED) is 0.563. The molecular weight excluding hydrogens is 446 g/mol. The maximum atomic E-state index is 14.0. The van der Waals surface area contributed by atoms with Crippen LogP contribution < -0.4 is 4.90 Å². The van der Waals surface area contributed by atoms with Gasteiger partial charge in [0.1, 0.15) is 11.3 Å². The van der Waals surface area contributed by atoms with E-state index in [9.17, 15) is 22.0 Å². The van der Waals surface area contributed by atoms with Gasteiger partial charge in [-0.25, -0.2) is 22.2 Å². The first-order chi connectivity index (χ1) is 13.1. The number of thiazole rings is 1. The fourth-order valence-electron chi connectivity index (χ4n) is 2.56. The second-order valence-electron chi connectivity index (χ2n) is 6.32. The Morgan fingerprint density at radius 2 is 1.79 bits per heavy atom. The number of aromatic nitrogens is 1. The predicted molar refractivity (Wildman–Crippen MR) is 114 cm³/mol. The molecule has 1 heterocycles. The Bertz CT molecular complexity index is 952. The molecular formula is C17H25ClF2N4O3S2. The molecule has 0 fully saturated rings. The number of sulfonamides is 1. The van der Waals surface area contributed by atoms with Crippen molar-refractivity contribution in [2.75, 3.05) is 50.9 Å². The molecule has 2 aromatic rings. The molecule has 7 nitrogen and oxygen atoms in total. The van der Waals surface area contributed by atoms with E-state index in [0.29, 0.717) is 6.54 Å². The van der Waals surface area contributed by atoms with Crippen LogP contribution in [0, 0.1) is 11.6 Å². The van der Waals surface area contributed by atoms with Crippen LogP contribution in [0.2, 0.25) is 0 Å². The summed E-state index contributed by atoms with van der Waals surface area (Å²) in [5.74, 6) is -2.01. The highest BCUT2D eigenvalue weighted by Crippen LogP contribution is 2.31. The molecule has 0 aliphatic rings. The van der Waals surface area contributed by atoms with Crippen LogP contribution >= 0.6 is 23.7 Å². The second kappa shape index (κ2) is 10.6. The summed E-state index contributed by atoms with van der Waals surface area (Å²) in [6.07, 6.45) is 1.01. The van der Waals surface area contributed by atoms with Crippen molar-refractivity contribution in [3.63, 3.8) is 0 Å². The van der Waals surface area contributed by atoms with Crippen molar-refractivity contribution in [3.8, 4) is 0 Å². The first kappa shape index (κ1) is 25.6. The van der Waals surface area contributed by atoms with Crippen molar-refractivity contribution in [1.82, 2.24) is 14.2 Å². The zero-order valence-electron chi connectivity index (χ0n) is 16.7. The molecule has 1 aromatic carbocycles. The molecule has 1 amide bonds. The van der Waals surface area contributed by atoms with Crippen LogP contribution in [-0.2, 0) is 14.8 Å². The number of halogens is 3. The third kappa shape index (κ3) is 6.54. The third-order valence-corrected chi connectivity index (χ3v) is 6.68. The van der Waals surface area contributed by atoms with E-state index in [1.807, 2.05) is 13.8 Å². The number of carbonyl (C=O) groups is 1. The number of amides is 1. The van der Waals surface area contributed by atoms with Crippen LogP contribution in [0.1, 0.15) is 13.8 Å². The SMILES string of the molecule is CCN(CC)CCN(C(=O)CN(C)S(C)(=O)=O)c1nc2c(F)cc(F)cc2s1.Cl. The van der Waals surface area contributed by atoms with Crippen molar-refractivity contribution in [3.05, 3.63) is 23.8 Å². The summed E-state index contributed by atoms with van der Waals surface area (Å²) in [6, 6.07) is 1.90. The van der Waals surface area contributed by atoms with E-state index < -0.39 is 27.6 Å². The van der Waals surface area contributed by atoms with Crippen molar-refractivity contribution < 1.29 is 22.0 Å². The Morgan fingerprint density at radius 3 is 2.34 bits per heavy atom. The monoisotopic (exact) mass is 470 g/mol. The Hall–Kier alpha value is -1.40. The van der Waals surface area contributed by atoms with Crippen LogP contribution in [0.5, 0.6) is 0 Å². The standard InChI is InChI=1S/C17H24F2N4O3S2.ClH/c1-5-22(6-2)7-8-23(15(24)11-21(3)28(4,25)26)17-20-16-13(19)9-12(18)10-14(16)27-17;/h9-10H,5-8,11H2,1-4H3;1H. The van der Waals surface area contributed by atoms with Gasteiger partial charge in [0.2, 0.25) is 15.9 Å². The molecule has 164 valence electrons. The van der Waals surface area contributed by atoms with Gasteiger partial charge in [0, 0.05) is 26.2 Å². The number of fused-ring (bicyclic) bond motifs is 1. The van der Waals surface area contributed by atoms with Gasteiger partial charge in [-0.05, 0) is 19.2 Å². The van der Waals surface area contributed by atoms with Gasteiger partial charge in [0.15, 0.2) is 10.9 Å². The zero-order chi connectivity index (χ0) is 21.1. The van der Waals surface area contributed by atoms with E-state index in [4.69, 9.17) is 0 Å². The van der Waals surface area contributed by atoms with Gasteiger partial charge < -0.3 is 4.90 Å². The van der Waals surface area contributed by atoms with Crippen molar-refractivity contribution in [2.45, 2.75) is 13.8 Å². The average Bonchev–Trinajstić information content (AvgIpc) is 3.01. The molecule has 0 spiro atoms. The molecule has 0 saturated carbocycles. The summed E-state index contributed by atoms with van der Waals surface area (Å²) in [6.45, 7) is 5.95. The molecule has 0 N–H and O–H groups in total. The number of carbonyl (C=O) groups excluding carboxylic acids is 1. The van der Waals surface area contributed by atoms with Crippen LogP contribution in [0.4, 0.5) is 13.9 Å². The Balaban J connectivity index is 0.00000420. The van der Waals surface area contributed by atoms with Gasteiger partial charge in [-0.3, -0.25) is 9.69 Å². The average molecular weight is 471 g/mol. The van der Waals surface area contributed by atoms with Gasteiger partial charge in [-0.1, -0.05) is 25.2 Å². The lowest BCUT2D eigenvalue weighted by molar-refractivity contribution is -0.118. The molecule has 0 atom stereocenters. The number of anilines is 1. The number of likely N-dealkylation sites (N-methyl/N-ethyl adjacent to an activating group) is 2. The Morgan fingerprint density at radius 1 is 1.17 bits per heavy atom. The number of rotatable bonds is 9. The molecule has 0 aliphatic carbocycles. The summed E-state index contributed by atoms with van der Waals surface area (Å²) in [7, 11) is -2.23. The highest BCUT2D eigenvalue weighted by atomic mass is 35.5. The van der Waals surface area contributed by atoms with Crippen molar-refractivity contribution in [1.29, 1.82) is 0 Å². The lowest BCUT2D eigenvalue weighted by atomic mass is 10.3. The fraction of sp³-hybridized carbons (Fsp3) is 0.529. The van der Waals surface area contributed by atoms with E-state index in [1.54, 1.807) is 0 Å². The number of hydrogen-bond acceptors (Lipinski definition) is 6. The highest BCUT2D eigenvalue weighted by Gasteiger charge is 2.25. The molecule has 2 rings (SSSR count). The summed E-state index contributed by atoms with van der Waals surface area (Å²) < 4.78 is 52.0. The van der Waals surface area contributed by atoms with Gasteiger partial charge in [0.25, 0.3) is 0 Å². The smallest absolute Gasteiger partial charge is 0.244 e. The normalized spacial score (nSPS) is 11.9. The zero-order valence-corrected chi connectivity index (χ0v) is 19.1. The minimum Gasteiger partial charge on any atom is -0.302 e. The minimum absolute atomic E-state index is 0. The van der Waals surface area contributed by atoms with Crippen molar-refractivity contribution >= 4 is 55.0 Å². The van der Waals surface area contributed by atoms with Gasteiger partial charge >= 0.3 is 0 Å². The minimum atomic E-state index is -3.54. The first-order valence-corrected chi connectivity index (χ1v) is 11.4. The molecule has 0 saturated heterocycles. The summed E-state index contributed by atoms with van der Waals surface area (Å²) in [5, 5.41) is 0.207. The Kier molecular flexibility index (Phi) is 9.35. The Labute approximate surface area is 179 Å². The van der Waals surface area contributed by atoms with Crippen LogP contribution in [0.25, 0.3) is 10.2 Å². The molecule has 29 heavy (non-hydrogen) atoms. The lowest BCUT2D eigenvalue weighted by Crippen LogP contribution is -2.44. The maximum absolute atomic E-state index is 14.0. The van der Waals surface area contributed by atoms with Crippen LogP contribution in [0.3, 0.4) is 0 Å². The van der Waals surface area contributed by atoms with Crippen LogP contribution in [0.15, 0.2) is 12.1 Å². The van der Waals surface area contributed by atoms with Gasteiger partial charge in [0.05, 0.1) is 17.5 Å². The highest BCUT2D eigenvalue weighted by molar-refractivity contribution is 7.88. The maximum Gasteiger partial charge on any atom is 0.244 e. The summed E-state index contributed by atoms with van der Waals surface area (Å²) in [4.78, 5) is 20.4. The molecule has 1 aromatic heterocycles. The molecule has 0 bridgehead atoms. The second-order valence-corrected chi connectivity index (χ2v) is 9.42. The predicted octanol–water partition coefficient (Wildman–Crippen LogP) is 2.56. The summed E-state index contributed by atoms with van der Waals surface area (Å²) >= 11 is 0.991. The van der Waals surface area contributed by atoms with E-state index in [1.165, 1.54) is 11.9 Å². The van der Waals surface area contributed by atoms with Crippen molar-refractivity contribution in [2.24, 2.45) is 0 Å².